The molecule has 0 bridgehead atoms. The SMILES string of the molecule is C[C@H](N)C(=O)N(C(=O)OC(C)(C)C)S(=O)(=O)C(N)C(=O)N[C@H](Cc1ccccc1)C(=O)OC(C)(C)C. The average Bonchev–Trinajstić information content (AvgIpc) is 2.70. The van der Waals surface area contributed by atoms with Gasteiger partial charge in [0.2, 0.25) is 5.37 Å². The minimum Gasteiger partial charge on any atom is -0.458 e. The summed E-state index contributed by atoms with van der Waals surface area (Å²) in [6, 6.07) is 5.84. The van der Waals surface area contributed by atoms with E-state index >= 15 is 0 Å². The summed E-state index contributed by atoms with van der Waals surface area (Å²) in [6.07, 6.45) is -1.61. The number of rotatable bonds is 8. The summed E-state index contributed by atoms with van der Waals surface area (Å²) < 4.78 is 36.4. The summed E-state index contributed by atoms with van der Waals surface area (Å²) in [6.45, 7) is 10.4. The predicted octanol–water partition coefficient (Wildman–Crippen LogP) is 0.781. The molecular weight excluding hydrogens is 492 g/mol. The minimum absolute atomic E-state index is 0.0389. The molecule has 1 rings (SSSR count). The van der Waals surface area contributed by atoms with Crippen LogP contribution in [0.3, 0.4) is 0 Å². The number of amides is 3. The quantitative estimate of drug-likeness (QED) is 0.407. The van der Waals surface area contributed by atoms with E-state index in [0.29, 0.717) is 5.56 Å². The number of nitrogens with one attached hydrogen (secondary N) is 1. The van der Waals surface area contributed by atoms with Crippen LogP contribution in [0.2, 0.25) is 0 Å². The summed E-state index contributed by atoms with van der Waals surface area (Å²) in [4.78, 5) is 50.8. The number of sulfonamides is 1. The molecular formula is C23H36N4O8S. The van der Waals surface area contributed by atoms with Gasteiger partial charge in [0.05, 0.1) is 6.04 Å². The van der Waals surface area contributed by atoms with Gasteiger partial charge in [0.15, 0.2) is 0 Å². The molecule has 0 heterocycles. The highest BCUT2D eigenvalue weighted by molar-refractivity contribution is 7.91. The molecule has 12 nitrogen and oxygen atoms in total. The predicted molar refractivity (Wildman–Crippen MR) is 132 cm³/mol. The van der Waals surface area contributed by atoms with Gasteiger partial charge in [-0.3, -0.25) is 9.59 Å². The number of ether oxygens (including phenoxy) is 2. The number of nitrogens with zero attached hydrogens (tertiary/aromatic N) is 1. The van der Waals surface area contributed by atoms with Crippen molar-refractivity contribution in [3.63, 3.8) is 0 Å². The number of hydrogen-bond donors (Lipinski definition) is 3. The van der Waals surface area contributed by atoms with Gasteiger partial charge < -0.3 is 26.3 Å². The van der Waals surface area contributed by atoms with Crippen LogP contribution in [0.5, 0.6) is 0 Å². The number of imide groups is 1. The second-order valence-electron chi connectivity index (χ2n) is 10.1. The maximum atomic E-state index is 13.1. The molecule has 36 heavy (non-hydrogen) atoms. The lowest BCUT2D eigenvalue weighted by Crippen LogP contribution is -2.60. The smallest absolute Gasteiger partial charge is 0.431 e. The molecule has 3 amide bonds. The molecule has 0 aliphatic rings. The molecule has 0 fully saturated rings. The Morgan fingerprint density at radius 2 is 1.44 bits per heavy atom. The topological polar surface area (TPSA) is 188 Å². The molecule has 0 radical (unpaired) electrons. The number of benzene rings is 1. The van der Waals surface area contributed by atoms with Crippen LogP contribution in [0.4, 0.5) is 4.79 Å². The van der Waals surface area contributed by atoms with Gasteiger partial charge in [-0.2, -0.15) is 0 Å². The van der Waals surface area contributed by atoms with Gasteiger partial charge in [0.25, 0.3) is 21.8 Å². The standard InChI is InChI=1S/C23H36N4O8S/c1-14(24)19(29)27(21(31)35-23(5,6)7)36(32,33)17(25)18(28)26-16(20(30)34-22(2,3)4)13-15-11-9-8-10-12-15/h8-12,14,16-17H,13,24-25H2,1-7H3,(H,26,28)/t14-,16+,17?/m0/s1. The average molecular weight is 529 g/mol. The maximum absolute atomic E-state index is 13.1. The van der Waals surface area contributed by atoms with Gasteiger partial charge in [-0.15, -0.1) is 4.31 Å². The van der Waals surface area contributed by atoms with Crippen LogP contribution in [0, 0.1) is 0 Å². The molecule has 0 saturated carbocycles. The number of nitrogens with two attached hydrogens (primary N) is 2. The highest BCUT2D eigenvalue weighted by Gasteiger charge is 2.45. The molecule has 202 valence electrons. The second kappa shape index (κ2) is 11.8. The van der Waals surface area contributed by atoms with E-state index in [1.54, 1.807) is 51.1 Å². The fourth-order valence-electron chi connectivity index (χ4n) is 2.73. The Morgan fingerprint density at radius 3 is 1.89 bits per heavy atom. The molecule has 0 aromatic heterocycles. The Labute approximate surface area is 211 Å². The van der Waals surface area contributed by atoms with Crippen molar-refractivity contribution < 1.29 is 37.1 Å². The molecule has 1 aromatic rings. The third-order valence-electron chi connectivity index (χ3n) is 4.27. The zero-order chi connectivity index (χ0) is 28.1. The number of carbonyl (C=O) groups excluding carboxylic acids is 4. The molecule has 1 aromatic carbocycles. The highest BCUT2D eigenvalue weighted by Crippen LogP contribution is 2.17. The van der Waals surface area contributed by atoms with E-state index in [4.69, 9.17) is 20.9 Å². The molecule has 0 aliphatic carbocycles. The van der Waals surface area contributed by atoms with Gasteiger partial charge >= 0.3 is 12.1 Å². The van der Waals surface area contributed by atoms with E-state index in [9.17, 15) is 27.6 Å². The fourth-order valence-corrected chi connectivity index (χ4v) is 3.95. The third kappa shape index (κ3) is 9.21. The number of hydrogen-bond acceptors (Lipinski definition) is 10. The zero-order valence-electron chi connectivity index (χ0n) is 21.6. The normalized spacial score (nSPS) is 14.7. The van der Waals surface area contributed by atoms with Gasteiger partial charge in [-0.25, -0.2) is 18.0 Å². The van der Waals surface area contributed by atoms with Crippen LogP contribution in [-0.4, -0.2) is 65.3 Å². The van der Waals surface area contributed by atoms with E-state index in [1.165, 1.54) is 20.8 Å². The van der Waals surface area contributed by atoms with Crippen LogP contribution in [0.15, 0.2) is 30.3 Å². The lowest BCUT2D eigenvalue weighted by atomic mass is 10.1. The van der Waals surface area contributed by atoms with Crippen molar-refractivity contribution in [3.8, 4) is 0 Å². The first kappa shape index (κ1) is 31.0. The summed E-state index contributed by atoms with van der Waals surface area (Å²) >= 11 is 0. The Bertz CT molecular complexity index is 1060. The van der Waals surface area contributed by atoms with E-state index in [1.807, 2.05) is 0 Å². The third-order valence-corrected chi connectivity index (χ3v) is 5.97. The summed E-state index contributed by atoms with van der Waals surface area (Å²) in [5, 5.41) is -0.186. The molecule has 5 N–H and O–H groups in total. The molecule has 13 heteroatoms. The first-order valence-corrected chi connectivity index (χ1v) is 12.7. The monoisotopic (exact) mass is 528 g/mol. The lowest BCUT2D eigenvalue weighted by molar-refractivity contribution is -0.158. The van der Waals surface area contributed by atoms with E-state index in [2.05, 4.69) is 5.32 Å². The van der Waals surface area contributed by atoms with E-state index < -0.39 is 62.6 Å². The molecule has 3 atom stereocenters. The van der Waals surface area contributed by atoms with E-state index in [0.717, 1.165) is 6.92 Å². The van der Waals surface area contributed by atoms with Crippen molar-refractivity contribution in [1.29, 1.82) is 0 Å². The molecule has 0 spiro atoms. The number of esters is 1. The second-order valence-corrected chi connectivity index (χ2v) is 12.0. The molecule has 0 aliphatic heterocycles. The largest absolute Gasteiger partial charge is 0.458 e. The Balaban J connectivity index is 3.30. The van der Waals surface area contributed by atoms with Crippen molar-refractivity contribution in [2.75, 3.05) is 0 Å². The Morgan fingerprint density at radius 1 is 0.944 bits per heavy atom. The van der Waals surface area contributed by atoms with Crippen LogP contribution < -0.4 is 16.8 Å². The first-order chi connectivity index (χ1) is 16.3. The van der Waals surface area contributed by atoms with Gasteiger partial charge in [0, 0.05) is 6.42 Å². The van der Waals surface area contributed by atoms with Crippen molar-refractivity contribution in [2.24, 2.45) is 11.5 Å². The maximum Gasteiger partial charge on any atom is 0.431 e. The Hall–Kier alpha value is -3.03. The molecule has 0 saturated heterocycles. The fraction of sp³-hybridized carbons (Fsp3) is 0.565. The van der Waals surface area contributed by atoms with E-state index in [-0.39, 0.29) is 10.7 Å². The van der Waals surface area contributed by atoms with Crippen LogP contribution in [0.25, 0.3) is 0 Å². The zero-order valence-corrected chi connectivity index (χ0v) is 22.4. The lowest BCUT2D eigenvalue weighted by Gasteiger charge is -2.29. The van der Waals surface area contributed by atoms with Crippen molar-refractivity contribution >= 4 is 33.9 Å². The van der Waals surface area contributed by atoms with Gasteiger partial charge in [-0.1, -0.05) is 30.3 Å². The van der Waals surface area contributed by atoms with Crippen molar-refractivity contribution in [2.45, 2.75) is 83.5 Å². The van der Waals surface area contributed by atoms with Crippen LogP contribution >= 0.6 is 0 Å². The summed E-state index contributed by atoms with van der Waals surface area (Å²) in [5.41, 5.74) is 9.79. The van der Waals surface area contributed by atoms with Crippen molar-refractivity contribution in [1.82, 2.24) is 9.62 Å². The van der Waals surface area contributed by atoms with Gasteiger partial charge in [-0.05, 0) is 54.0 Å². The molecule has 1 unspecified atom stereocenters. The van der Waals surface area contributed by atoms with Gasteiger partial charge in [0.1, 0.15) is 17.2 Å². The van der Waals surface area contributed by atoms with Crippen LogP contribution in [0.1, 0.15) is 54.0 Å². The highest BCUT2D eigenvalue weighted by atomic mass is 32.2. The first-order valence-electron chi connectivity index (χ1n) is 11.2. The van der Waals surface area contributed by atoms with Crippen molar-refractivity contribution in [3.05, 3.63) is 35.9 Å². The summed E-state index contributed by atoms with van der Waals surface area (Å²) in [5.74, 6) is -3.52. The number of carbonyl (C=O) groups is 4. The minimum atomic E-state index is -5.15. The summed E-state index contributed by atoms with van der Waals surface area (Å²) in [7, 11) is -5.15. The Kier molecular flexibility index (Phi) is 10.2. The van der Waals surface area contributed by atoms with Crippen LogP contribution in [-0.2, 0) is 40.3 Å².